The highest BCUT2D eigenvalue weighted by Gasteiger charge is 2.54. The van der Waals surface area contributed by atoms with Crippen molar-refractivity contribution in [3.63, 3.8) is 0 Å². The zero-order chi connectivity index (χ0) is 43.8. The Morgan fingerprint density at radius 3 is 1.46 bits per heavy atom. The first-order chi connectivity index (χ1) is 29.9. The van der Waals surface area contributed by atoms with Crippen molar-refractivity contribution >= 4 is 5.97 Å². The first kappa shape index (κ1) is 52.9. The van der Waals surface area contributed by atoms with Gasteiger partial charge in [0.15, 0.2) is 5.60 Å². The van der Waals surface area contributed by atoms with E-state index in [0.29, 0.717) is 0 Å². The molecule has 0 aromatic heterocycles. The number of unbranched alkanes of at least 4 members (excludes halogenated alkanes) is 24. The number of hydrogen-bond donors (Lipinski definition) is 3. The van der Waals surface area contributed by atoms with Gasteiger partial charge in [-0.05, 0) is 61.8 Å². The zero-order valence-electron chi connectivity index (χ0n) is 39.2. The van der Waals surface area contributed by atoms with Gasteiger partial charge in [-0.25, -0.2) is 0 Å². The van der Waals surface area contributed by atoms with Gasteiger partial charge in [0, 0.05) is 12.3 Å². The van der Waals surface area contributed by atoms with E-state index < -0.39 is 30.5 Å². The third-order valence-electron chi connectivity index (χ3n) is 13.3. The number of carbonyl (C=O) groups excluding carboxylic acids is 1. The third-order valence-corrected chi connectivity index (χ3v) is 13.3. The molecule has 1 saturated heterocycles. The maximum Gasteiger partial charge on any atom is 0.306 e. The van der Waals surface area contributed by atoms with Gasteiger partial charge in [-0.1, -0.05) is 211 Å². The molecule has 0 saturated carbocycles. The molecule has 0 radical (unpaired) electrons. The number of hydrogen-bond acceptors (Lipinski definition) is 7. The number of carbonyl (C=O) groups is 1. The predicted octanol–water partition coefficient (Wildman–Crippen LogP) is 13.9. The predicted molar refractivity (Wildman–Crippen MR) is 252 cm³/mol. The van der Waals surface area contributed by atoms with Crippen molar-refractivity contribution in [3.05, 3.63) is 59.7 Å². The van der Waals surface area contributed by atoms with Crippen molar-refractivity contribution < 1.29 is 34.3 Å². The smallest absolute Gasteiger partial charge is 0.306 e. The second-order valence-corrected chi connectivity index (χ2v) is 18.5. The molecule has 3 rings (SSSR count). The van der Waals surface area contributed by atoms with Gasteiger partial charge < -0.3 is 29.5 Å². The number of aliphatic hydroxyl groups excluding tert-OH is 3. The Morgan fingerprint density at radius 2 is 1.03 bits per heavy atom. The van der Waals surface area contributed by atoms with Crippen LogP contribution in [0.3, 0.4) is 0 Å². The summed E-state index contributed by atoms with van der Waals surface area (Å²) >= 11 is 0. The molecule has 0 amide bonds. The Kier molecular flexibility index (Phi) is 28.7. The van der Waals surface area contributed by atoms with Crippen molar-refractivity contribution in [2.45, 2.75) is 244 Å². The number of ether oxygens (including phenoxy) is 3. The van der Waals surface area contributed by atoms with Crippen LogP contribution in [0.2, 0.25) is 0 Å². The molecule has 61 heavy (non-hydrogen) atoms. The van der Waals surface area contributed by atoms with Crippen LogP contribution in [0, 0.1) is 5.92 Å². The SMILES string of the molecule is CCCCCCCCCCCCc1ccccc1Oc1ccccc1CCCCCCCCCCC(C)[C@](CO)(OC(=O)CCCCCCCCCCC)[C@H]1OC[C@H](O)[C@H]1O. The molecule has 1 heterocycles. The van der Waals surface area contributed by atoms with Gasteiger partial charge in [-0.2, -0.15) is 0 Å². The molecule has 0 aliphatic carbocycles. The lowest BCUT2D eigenvalue weighted by Gasteiger charge is -2.42. The molecular formula is C54H90O7. The van der Waals surface area contributed by atoms with Crippen LogP contribution in [0.1, 0.15) is 218 Å². The second kappa shape index (κ2) is 33.1. The van der Waals surface area contributed by atoms with Gasteiger partial charge in [0.05, 0.1) is 13.2 Å². The van der Waals surface area contributed by atoms with Crippen LogP contribution < -0.4 is 4.74 Å². The minimum Gasteiger partial charge on any atom is -0.457 e. The minimum atomic E-state index is -1.38. The molecule has 7 heteroatoms. The van der Waals surface area contributed by atoms with Crippen LogP contribution in [0.4, 0.5) is 0 Å². The highest BCUT2D eigenvalue weighted by atomic mass is 16.6. The highest BCUT2D eigenvalue weighted by molar-refractivity contribution is 5.70. The van der Waals surface area contributed by atoms with Gasteiger partial charge >= 0.3 is 5.97 Å². The van der Waals surface area contributed by atoms with E-state index in [2.05, 4.69) is 62.4 Å². The van der Waals surface area contributed by atoms with E-state index in [4.69, 9.17) is 14.2 Å². The molecule has 0 spiro atoms. The van der Waals surface area contributed by atoms with Crippen molar-refractivity contribution in [2.75, 3.05) is 13.2 Å². The summed E-state index contributed by atoms with van der Waals surface area (Å²) in [6.07, 6.45) is 32.8. The molecule has 348 valence electrons. The molecule has 1 fully saturated rings. The quantitative estimate of drug-likeness (QED) is 0.0456. The van der Waals surface area contributed by atoms with Gasteiger partial charge in [0.1, 0.15) is 29.8 Å². The minimum absolute atomic E-state index is 0.0373. The summed E-state index contributed by atoms with van der Waals surface area (Å²) in [5.74, 6) is 1.38. The first-order valence-electron chi connectivity index (χ1n) is 25.5. The maximum atomic E-state index is 13.1. The molecule has 1 unspecified atom stereocenters. The fraction of sp³-hybridized carbons (Fsp3) is 0.759. The summed E-state index contributed by atoms with van der Waals surface area (Å²) in [6, 6.07) is 17.1. The Labute approximate surface area is 373 Å². The lowest BCUT2D eigenvalue weighted by molar-refractivity contribution is -0.206. The Balaban J connectivity index is 1.33. The Bertz CT molecular complexity index is 1380. The molecular weight excluding hydrogens is 761 g/mol. The number of aryl methyl sites for hydroxylation is 2. The summed E-state index contributed by atoms with van der Waals surface area (Å²) in [7, 11) is 0. The fourth-order valence-corrected chi connectivity index (χ4v) is 9.20. The van der Waals surface area contributed by atoms with Crippen molar-refractivity contribution in [1.29, 1.82) is 0 Å². The third kappa shape index (κ3) is 20.7. The van der Waals surface area contributed by atoms with E-state index >= 15 is 0 Å². The molecule has 2 aromatic rings. The summed E-state index contributed by atoms with van der Waals surface area (Å²) < 4.78 is 18.5. The number of benzene rings is 2. The van der Waals surface area contributed by atoms with Crippen LogP contribution in [0.5, 0.6) is 11.5 Å². The monoisotopic (exact) mass is 851 g/mol. The summed E-state index contributed by atoms with van der Waals surface area (Å²) in [5.41, 5.74) is 1.21. The zero-order valence-corrected chi connectivity index (χ0v) is 39.2. The number of rotatable bonds is 38. The average molecular weight is 851 g/mol. The molecule has 5 atom stereocenters. The number of aliphatic hydroxyl groups is 3. The molecule has 1 aliphatic rings. The largest absolute Gasteiger partial charge is 0.457 e. The van der Waals surface area contributed by atoms with E-state index in [-0.39, 0.29) is 24.9 Å². The lowest BCUT2D eigenvalue weighted by Crippen LogP contribution is -2.58. The highest BCUT2D eigenvalue weighted by Crippen LogP contribution is 2.38. The summed E-state index contributed by atoms with van der Waals surface area (Å²) in [5, 5.41) is 31.8. The molecule has 7 nitrogen and oxygen atoms in total. The summed E-state index contributed by atoms with van der Waals surface area (Å²) in [6.45, 7) is 6.00. The Morgan fingerprint density at radius 1 is 0.623 bits per heavy atom. The lowest BCUT2D eigenvalue weighted by atomic mass is 9.78. The topological polar surface area (TPSA) is 105 Å². The standard InChI is InChI=1S/C54H90O7/c1-4-6-8-10-12-14-16-20-24-28-36-46-38-31-33-40-49(46)60-50-41-34-32-39-47(50)37-29-25-21-18-17-19-23-27-35-45(3)54(44-55,53-52(58)48(56)43-59-53)61-51(57)42-30-26-22-15-13-11-9-7-5-2/h31-34,38-41,45,48,52-53,55-56,58H,4-30,35-37,42-44H2,1-3H3/t45?,48-,52+,53-,54-/m0/s1. The normalized spacial score (nSPS) is 18.0. The summed E-state index contributed by atoms with van der Waals surface area (Å²) in [4.78, 5) is 13.1. The van der Waals surface area contributed by atoms with E-state index in [9.17, 15) is 20.1 Å². The van der Waals surface area contributed by atoms with Crippen LogP contribution in [0.25, 0.3) is 0 Å². The van der Waals surface area contributed by atoms with Gasteiger partial charge in [0.2, 0.25) is 0 Å². The fourth-order valence-electron chi connectivity index (χ4n) is 9.20. The van der Waals surface area contributed by atoms with Crippen LogP contribution in [0.15, 0.2) is 48.5 Å². The number of para-hydroxylation sites is 2. The first-order valence-corrected chi connectivity index (χ1v) is 25.5. The maximum absolute atomic E-state index is 13.1. The van der Waals surface area contributed by atoms with Crippen molar-refractivity contribution in [3.8, 4) is 11.5 Å². The van der Waals surface area contributed by atoms with Crippen LogP contribution in [-0.2, 0) is 27.1 Å². The second-order valence-electron chi connectivity index (χ2n) is 18.5. The molecule has 3 N–H and O–H groups in total. The molecule has 0 bridgehead atoms. The van der Waals surface area contributed by atoms with E-state index in [0.717, 1.165) is 75.7 Å². The van der Waals surface area contributed by atoms with E-state index in [1.165, 1.54) is 140 Å². The van der Waals surface area contributed by atoms with Gasteiger partial charge in [-0.3, -0.25) is 4.79 Å². The van der Waals surface area contributed by atoms with Gasteiger partial charge in [-0.15, -0.1) is 0 Å². The number of esters is 1. The van der Waals surface area contributed by atoms with Crippen molar-refractivity contribution in [1.82, 2.24) is 0 Å². The van der Waals surface area contributed by atoms with E-state index in [1.54, 1.807) is 0 Å². The Hall–Kier alpha value is -2.45. The molecule has 1 aliphatic heterocycles. The van der Waals surface area contributed by atoms with Gasteiger partial charge in [0.25, 0.3) is 0 Å². The van der Waals surface area contributed by atoms with Crippen LogP contribution >= 0.6 is 0 Å². The van der Waals surface area contributed by atoms with E-state index in [1.807, 2.05) is 6.92 Å². The van der Waals surface area contributed by atoms with Crippen LogP contribution in [-0.4, -0.2) is 58.4 Å². The van der Waals surface area contributed by atoms with Crippen molar-refractivity contribution in [2.24, 2.45) is 5.92 Å². The average Bonchev–Trinajstić information content (AvgIpc) is 3.61. The molecule has 2 aromatic carbocycles.